The van der Waals surface area contributed by atoms with Crippen molar-refractivity contribution >= 4 is 23.0 Å². The first kappa shape index (κ1) is 30.7. The van der Waals surface area contributed by atoms with Crippen LogP contribution in [-0.2, 0) is 32.7 Å². The molecular weight excluding hydrogens is 608 g/mol. The van der Waals surface area contributed by atoms with E-state index in [1.54, 1.807) is 11.9 Å². The molecule has 2 amide bonds. The number of pyridine rings is 1. The third-order valence-electron chi connectivity index (χ3n) is 9.93. The average molecular weight is 647 g/mol. The highest BCUT2D eigenvalue weighted by molar-refractivity contribution is 6.12. The van der Waals surface area contributed by atoms with Crippen LogP contribution in [0.25, 0.3) is 16.8 Å². The molecule has 0 spiro atoms. The quantitative estimate of drug-likeness (QED) is 0.194. The zero-order chi connectivity index (χ0) is 33.5. The Labute approximate surface area is 286 Å². The summed E-state index contributed by atoms with van der Waals surface area (Å²) < 4.78 is 8.01. The molecule has 2 aliphatic rings. The number of hydrogen-bond donors (Lipinski definition) is 1. The predicted molar refractivity (Wildman–Crippen MR) is 193 cm³/mol. The van der Waals surface area contributed by atoms with Crippen LogP contribution in [0.3, 0.4) is 0 Å². The molecule has 2 aliphatic heterocycles. The Morgan fingerprint density at radius 3 is 2.31 bits per heavy atom. The second kappa shape index (κ2) is 12.7. The number of nitrogens with zero attached hydrogens (tertiary/aromatic N) is 3. The summed E-state index contributed by atoms with van der Waals surface area (Å²) in [5.74, 6) is 0.613. The second-order valence-electron chi connectivity index (χ2n) is 13.1. The summed E-state index contributed by atoms with van der Waals surface area (Å²) in [6, 6.07) is 38.1. The predicted octanol–water partition coefficient (Wildman–Crippen LogP) is 7.65. The molecule has 0 bridgehead atoms. The minimum atomic E-state index is -0.134. The minimum absolute atomic E-state index is 0.0113. The number of benzene rings is 4. The Kier molecular flexibility index (Phi) is 7.98. The van der Waals surface area contributed by atoms with Crippen LogP contribution in [-0.4, -0.2) is 34.2 Å². The van der Waals surface area contributed by atoms with Gasteiger partial charge in [0.1, 0.15) is 12.4 Å². The van der Waals surface area contributed by atoms with Crippen molar-refractivity contribution in [3.8, 4) is 17.0 Å². The molecule has 4 heterocycles. The average Bonchev–Trinajstić information content (AvgIpc) is 3.77. The SMILES string of the molecule is C[C@@H]1Cc2ccccc2CN1C(=O)c1cc2c(cc1-c1cc(C(=O)N(C)c3ccc(OCc4ccccc4)cc3)c3ccccn13)CNC2. The smallest absolute Gasteiger partial charge is 0.260 e. The third kappa shape index (κ3) is 5.76. The van der Waals surface area contributed by atoms with E-state index in [-0.39, 0.29) is 17.9 Å². The number of anilines is 1. The summed E-state index contributed by atoms with van der Waals surface area (Å²) in [6.07, 6.45) is 2.79. The lowest BCUT2D eigenvalue weighted by Crippen LogP contribution is -2.42. The Balaban J connectivity index is 1.13. The zero-order valence-electron chi connectivity index (χ0n) is 27.7. The minimum Gasteiger partial charge on any atom is -0.489 e. The molecule has 4 aromatic carbocycles. The first-order valence-electron chi connectivity index (χ1n) is 16.8. The fourth-order valence-corrected chi connectivity index (χ4v) is 7.18. The molecule has 0 aliphatic carbocycles. The molecule has 49 heavy (non-hydrogen) atoms. The van der Waals surface area contributed by atoms with E-state index in [9.17, 15) is 9.59 Å². The number of aromatic nitrogens is 1. The van der Waals surface area contributed by atoms with Gasteiger partial charge in [-0.25, -0.2) is 0 Å². The van der Waals surface area contributed by atoms with Gasteiger partial charge in [-0.2, -0.15) is 0 Å². The molecule has 1 atom stereocenters. The molecule has 2 aromatic heterocycles. The molecule has 0 unspecified atom stereocenters. The van der Waals surface area contributed by atoms with Gasteiger partial charge in [0.05, 0.1) is 16.8 Å². The number of hydrogen-bond acceptors (Lipinski definition) is 4. The largest absolute Gasteiger partial charge is 0.489 e. The van der Waals surface area contributed by atoms with Gasteiger partial charge < -0.3 is 24.3 Å². The molecule has 0 radical (unpaired) electrons. The number of nitrogens with one attached hydrogen (secondary N) is 1. The van der Waals surface area contributed by atoms with Gasteiger partial charge in [0.2, 0.25) is 0 Å². The molecule has 244 valence electrons. The highest BCUT2D eigenvalue weighted by Crippen LogP contribution is 2.36. The molecule has 0 fully saturated rings. The molecule has 6 aromatic rings. The number of rotatable bonds is 7. The Morgan fingerprint density at radius 1 is 0.796 bits per heavy atom. The highest BCUT2D eigenvalue weighted by atomic mass is 16.5. The maximum absolute atomic E-state index is 14.5. The normalized spacial score (nSPS) is 15.1. The molecule has 7 nitrogen and oxygen atoms in total. The fourth-order valence-electron chi connectivity index (χ4n) is 7.18. The molecule has 7 heteroatoms. The van der Waals surface area contributed by atoms with Crippen LogP contribution >= 0.6 is 0 Å². The van der Waals surface area contributed by atoms with Gasteiger partial charge in [0.15, 0.2) is 0 Å². The second-order valence-corrected chi connectivity index (χ2v) is 13.1. The van der Waals surface area contributed by atoms with E-state index in [1.807, 2.05) is 100 Å². The lowest BCUT2D eigenvalue weighted by Gasteiger charge is -2.35. The number of carbonyl (C=O) groups excluding carboxylic acids is 2. The van der Waals surface area contributed by atoms with Crippen molar-refractivity contribution in [2.24, 2.45) is 0 Å². The lowest BCUT2D eigenvalue weighted by atomic mass is 9.92. The molecular formula is C42H38N4O3. The van der Waals surface area contributed by atoms with Gasteiger partial charge in [-0.1, -0.05) is 60.7 Å². The number of carbonyl (C=O) groups is 2. The molecule has 0 saturated carbocycles. The third-order valence-corrected chi connectivity index (χ3v) is 9.93. The van der Waals surface area contributed by atoms with Crippen molar-refractivity contribution in [2.45, 2.75) is 45.6 Å². The first-order valence-corrected chi connectivity index (χ1v) is 16.8. The van der Waals surface area contributed by atoms with Crippen molar-refractivity contribution < 1.29 is 14.3 Å². The van der Waals surface area contributed by atoms with E-state index in [0.29, 0.717) is 24.3 Å². The Morgan fingerprint density at radius 2 is 1.51 bits per heavy atom. The zero-order valence-corrected chi connectivity index (χ0v) is 27.7. The van der Waals surface area contributed by atoms with Crippen LogP contribution in [0.1, 0.15) is 55.5 Å². The van der Waals surface area contributed by atoms with Gasteiger partial charge in [-0.3, -0.25) is 9.59 Å². The van der Waals surface area contributed by atoms with Crippen LogP contribution in [0.4, 0.5) is 5.69 Å². The Hall–Kier alpha value is -5.66. The van der Waals surface area contributed by atoms with Crippen LogP contribution in [0.2, 0.25) is 0 Å². The van der Waals surface area contributed by atoms with Crippen LogP contribution in [0, 0.1) is 0 Å². The van der Waals surface area contributed by atoms with Crippen molar-refractivity contribution in [3.63, 3.8) is 0 Å². The molecule has 0 saturated heterocycles. The fraction of sp³-hybridized carbons (Fsp3) is 0.190. The van der Waals surface area contributed by atoms with Crippen LogP contribution in [0.15, 0.2) is 121 Å². The van der Waals surface area contributed by atoms with E-state index in [0.717, 1.165) is 58.8 Å². The summed E-state index contributed by atoms with van der Waals surface area (Å²) in [7, 11) is 1.79. The number of ether oxygens (including phenoxy) is 1. The van der Waals surface area contributed by atoms with Crippen LogP contribution < -0.4 is 15.0 Å². The number of fused-ring (bicyclic) bond motifs is 3. The van der Waals surface area contributed by atoms with Crippen LogP contribution in [0.5, 0.6) is 5.75 Å². The monoisotopic (exact) mass is 646 g/mol. The summed E-state index contributed by atoms with van der Waals surface area (Å²) in [5, 5.41) is 3.45. The van der Waals surface area contributed by atoms with Gasteiger partial charge in [0.25, 0.3) is 11.8 Å². The van der Waals surface area contributed by atoms with E-state index >= 15 is 0 Å². The summed E-state index contributed by atoms with van der Waals surface area (Å²) >= 11 is 0. The maximum atomic E-state index is 14.5. The van der Waals surface area contributed by atoms with Crippen molar-refractivity contribution in [3.05, 3.63) is 160 Å². The lowest BCUT2D eigenvalue weighted by molar-refractivity contribution is 0.0659. The van der Waals surface area contributed by atoms with E-state index in [4.69, 9.17) is 4.74 Å². The summed E-state index contributed by atoms with van der Waals surface area (Å²) in [5.41, 5.74) is 10.3. The standard InChI is InChI=1S/C42H38N4O3/c1-28-20-30-12-6-7-13-31(30)26-46(28)42(48)37-22-33-25-43-24-32(33)21-36(37)40-23-38(39-14-8-9-19-45(39)40)41(47)44(2)34-15-17-35(18-16-34)49-27-29-10-4-3-5-11-29/h3-19,21-23,28,43H,20,24-27H2,1-2H3/t28-/m1/s1. The molecule has 1 N–H and O–H groups in total. The summed E-state index contributed by atoms with van der Waals surface area (Å²) in [4.78, 5) is 32.4. The van der Waals surface area contributed by atoms with Crippen molar-refractivity contribution in [2.75, 3.05) is 11.9 Å². The maximum Gasteiger partial charge on any atom is 0.260 e. The van der Waals surface area contributed by atoms with Crippen molar-refractivity contribution in [1.29, 1.82) is 0 Å². The summed E-state index contributed by atoms with van der Waals surface area (Å²) in [6.45, 7) is 4.65. The number of amides is 2. The molecule has 8 rings (SSSR count). The van der Waals surface area contributed by atoms with E-state index in [1.165, 1.54) is 16.7 Å². The van der Waals surface area contributed by atoms with Crippen molar-refractivity contribution in [1.82, 2.24) is 14.6 Å². The van der Waals surface area contributed by atoms with Gasteiger partial charge in [-0.05, 0) is 95.8 Å². The first-order chi connectivity index (χ1) is 23.9. The Bertz CT molecular complexity index is 2190. The highest BCUT2D eigenvalue weighted by Gasteiger charge is 2.31. The van der Waals surface area contributed by atoms with Gasteiger partial charge in [0, 0.05) is 55.7 Å². The van der Waals surface area contributed by atoms with E-state index < -0.39 is 0 Å². The van der Waals surface area contributed by atoms with E-state index in [2.05, 4.69) is 42.6 Å². The van der Waals surface area contributed by atoms with Gasteiger partial charge in [-0.15, -0.1) is 0 Å². The van der Waals surface area contributed by atoms with Gasteiger partial charge >= 0.3 is 0 Å². The topological polar surface area (TPSA) is 66.3 Å².